The van der Waals surface area contributed by atoms with Gasteiger partial charge in [0, 0.05) is 4.90 Å². The van der Waals surface area contributed by atoms with Gasteiger partial charge in [0.2, 0.25) is 0 Å². The van der Waals surface area contributed by atoms with Crippen LogP contribution in [0.25, 0.3) is 0 Å². The maximum absolute atomic E-state index is 7.78. The van der Waals surface area contributed by atoms with Crippen LogP contribution in [0.4, 0.5) is 0 Å². The molecule has 1 rings (SSSR count). The lowest BCUT2D eigenvalue weighted by Gasteiger charge is -1.93. The van der Waals surface area contributed by atoms with Gasteiger partial charge in [0.15, 0.2) is 0 Å². The Bertz CT molecular complexity index is 178. The van der Waals surface area contributed by atoms with Gasteiger partial charge in [-0.25, -0.2) is 5.26 Å². The van der Waals surface area contributed by atoms with E-state index < -0.39 is 0 Å². The second-order valence-corrected chi connectivity index (χ2v) is 2.31. The molecule has 54 valence electrons. The molecule has 0 spiro atoms. The highest BCUT2D eigenvalue weighted by atomic mass is 32.2. The van der Waals surface area contributed by atoms with Gasteiger partial charge in [-0.15, -0.1) is 4.33 Å². The van der Waals surface area contributed by atoms with E-state index in [0.29, 0.717) is 0 Å². The highest BCUT2D eigenvalue weighted by Gasteiger charge is 1.90. The number of hydrogen-bond acceptors (Lipinski definition) is 4. The normalized spacial score (nSPS) is 9.70. The number of benzene rings is 1. The van der Waals surface area contributed by atoms with Crippen molar-refractivity contribution in [3.05, 3.63) is 30.3 Å². The Morgan fingerprint density at radius 1 is 1.20 bits per heavy atom. The third-order valence-corrected chi connectivity index (χ3v) is 1.50. The largest absolute Gasteiger partial charge is 0.220 e. The molecule has 4 heteroatoms. The molecule has 0 aliphatic heterocycles. The van der Waals surface area contributed by atoms with Crippen LogP contribution < -0.4 is 0 Å². The molecule has 1 aromatic rings. The SMILES string of the molecule is OOOSc1ccccc1. The molecule has 0 heterocycles. The Balaban J connectivity index is 2.43. The molecule has 0 unspecified atom stereocenters. The van der Waals surface area contributed by atoms with Gasteiger partial charge in [-0.1, -0.05) is 23.2 Å². The van der Waals surface area contributed by atoms with Crippen molar-refractivity contribution in [2.75, 3.05) is 0 Å². The number of rotatable bonds is 3. The maximum atomic E-state index is 7.78. The fourth-order valence-electron chi connectivity index (χ4n) is 0.531. The molecule has 1 N–H and O–H groups in total. The standard InChI is InChI=1S/C6H6O3S/c7-8-9-10-6-4-2-1-3-5-6/h1-5,7H. The van der Waals surface area contributed by atoms with Gasteiger partial charge in [0.1, 0.15) is 0 Å². The van der Waals surface area contributed by atoms with E-state index in [1.807, 2.05) is 30.3 Å². The second kappa shape index (κ2) is 4.29. The van der Waals surface area contributed by atoms with Gasteiger partial charge in [0.05, 0.1) is 12.0 Å². The molecule has 0 atom stereocenters. The van der Waals surface area contributed by atoms with Crippen molar-refractivity contribution in [3.63, 3.8) is 0 Å². The Hall–Kier alpha value is -0.550. The van der Waals surface area contributed by atoms with E-state index >= 15 is 0 Å². The van der Waals surface area contributed by atoms with Gasteiger partial charge >= 0.3 is 0 Å². The van der Waals surface area contributed by atoms with E-state index in [2.05, 4.69) is 9.37 Å². The van der Waals surface area contributed by atoms with Gasteiger partial charge in [-0.05, 0) is 12.1 Å². The summed E-state index contributed by atoms with van der Waals surface area (Å²) in [6.45, 7) is 0. The summed E-state index contributed by atoms with van der Waals surface area (Å²) in [4.78, 5) is 0.872. The van der Waals surface area contributed by atoms with Gasteiger partial charge in [-0.2, -0.15) is 0 Å². The average molecular weight is 158 g/mol. The minimum atomic E-state index is 0.872. The van der Waals surface area contributed by atoms with Crippen LogP contribution in [-0.4, -0.2) is 5.26 Å². The Labute approximate surface area is 62.6 Å². The second-order valence-electron chi connectivity index (χ2n) is 1.54. The summed E-state index contributed by atoms with van der Waals surface area (Å²) in [6.07, 6.45) is 0. The summed E-state index contributed by atoms with van der Waals surface area (Å²) in [7, 11) is 0. The molecular weight excluding hydrogens is 152 g/mol. The van der Waals surface area contributed by atoms with E-state index in [-0.39, 0.29) is 0 Å². The number of hydrogen-bond donors (Lipinski definition) is 1. The van der Waals surface area contributed by atoms with E-state index in [1.54, 1.807) is 0 Å². The minimum Gasteiger partial charge on any atom is -0.220 e. The van der Waals surface area contributed by atoms with Crippen molar-refractivity contribution >= 4 is 12.0 Å². The summed E-state index contributed by atoms with van der Waals surface area (Å²) < 4.78 is 4.19. The smallest absolute Gasteiger partial charge is 0.0714 e. The third-order valence-electron chi connectivity index (χ3n) is 0.904. The van der Waals surface area contributed by atoms with Gasteiger partial charge in [-0.3, -0.25) is 0 Å². The molecule has 0 aliphatic rings. The van der Waals surface area contributed by atoms with Crippen LogP contribution in [0.2, 0.25) is 0 Å². The van der Waals surface area contributed by atoms with Crippen molar-refractivity contribution in [1.29, 1.82) is 0 Å². The van der Waals surface area contributed by atoms with Gasteiger partial charge < -0.3 is 0 Å². The first-order valence-corrected chi connectivity index (χ1v) is 3.37. The van der Waals surface area contributed by atoms with Crippen LogP contribution in [0, 0.1) is 0 Å². The molecule has 0 aromatic heterocycles. The van der Waals surface area contributed by atoms with Crippen LogP contribution in [0.1, 0.15) is 0 Å². The highest BCUT2D eigenvalue weighted by molar-refractivity contribution is 7.94. The van der Waals surface area contributed by atoms with Gasteiger partial charge in [0.25, 0.3) is 0 Å². The zero-order valence-corrected chi connectivity index (χ0v) is 5.88. The van der Waals surface area contributed by atoms with Crippen LogP contribution in [0.3, 0.4) is 0 Å². The summed E-state index contributed by atoms with van der Waals surface area (Å²) in [5.74, 6) is 0. The zero-order valence-electron chi connectivity index (χ0n) is 5.06. The molecule has 0 amide bonds. The van der Waals surface area contributed by atoms with E-state index in [0.717, 1.165) is 16.9 Å². The molecule has 3 nitrogen and oxygen atoms in total. The molecule has 0 bridgehead atoms. The summed E-state index contributed by atoms with van der Waals surface area (Å²) in [6, 6.07) is 9.30. The minimum absolute atomic E-state index is 0.872. The summed E-state index contributed by atoms with van der Waals surface area (Å²) in [5.41, 5.74) is 0. The van der Waals surface area contributed by atoms with Crippen molar-refractivity contribution in [2.24, 2.45) is 0 Å². The monoisotopic (exact) mass is 158 g/mol. The molecule has 0 fully saturated rings. The first-order valence-electron chi connectivity index (χ1n) is 2.63. The predicted molar refractivity (Wildman–Crippen MR) is 37.1 cm³/mol. The Kier molecular flexibility index (Phi) is 3.25. The zero-order chi connectivity index (χ0) is 7.23. The average Bonchev–Trinajstić information content (AvgIpc) is 2.03. The first-order chi connectivity index (χ1) is 4.93. The maximum Gasteiger partial charge on any atom is 0.0714 e. The lowest BCUT2D eigenvalue weighted by Crippen LogP contribution is -1.76. The molecule has 0 saturated carbocycles. The predicted octanol–water partition coefficient (Wildman–Crippen LogP) is 2.11. The van der Waals surface area contributed by atoms with Crippen LogP contribution in [0.5, 0.6) is 0 Å². The van der Waals surface area contributed by atoms with Crippen molar-refractivity contribution in [3.8, 4) is 0 Å². The molecule has 0 radical (unpaired) electrons. The molecule has 0 aliphatic carbocycles. The molecular formula is C6H6O3S. The van der Waals surface area contributed by atoms with Crippen LogP contribution >= 0.6 is 12.0 Å². The van der Waals surface area contributed by atoms with E-state index in [9.17, 15) is 0 Å². The van der Waals surface area contributed by atoms with E-state index in [4.69, 9.17) is 5.26 Å². The van der Waals surface area contributed by atoms with Crippen molar-refractivity contribution < 1.29 is 14.6 Å². The van der Waals surface area contributed by atoms with E-state index in [1.165, 1.54) is 0 Å². The Morgan fingerprint density at radius 3 is 2.50 bits per heavy atom. The lowest BCUT2D eigenvalue weighted by atomic mass is 10.4. The lowest BCUT2D eigenvalue weighted by molar-refractivity contribution is -0.432. The summed E-state index contributed by atoms with van der Waals surface area (Å²) >= 11 is 0.948. The van der Waals surface area contributed by atoms with Crippen molar-refractivity contribution in [2.45, 2.75) is 4.90 Å². The fourth-order valence-corrected chi connectivity index (χ4v) is 0.908. The molecule has 10 heavy (non-hydrogen) atoms. The quantitative estimate of drug-likeness (QED) is 0.415. The van der Waals surface area contributed by atoms with Crippen molar-refractivity contribution in [1.82, 2.24) is 0 Å². The third kappa shape index (κ3) is 2.36. The first kappa shape index (κ1) is 7.56. The highest BCUT2D eigenvalue weighted by Crippen LogP contribution is 2.17. The molecule has 1 aromatic carbocycles. The molecule has 0 saturated heterocycles. The Morgan fingerprint density at radius 2 is 1.90 bits per heavy atom. The topological polar surface area (TPSA) is 38.7 Å². The summed E-state index contributed by atoms with van der Waals surface area (Å²) in [5, 5.41) is 11.2. The van der Waals surface area contributed by atoms with Crippen LogP contribution in [0.15, 0.2) is 35.2 Å². The van der Waals surface area contributed by atoms with Crippen LogP contribution in [-0.2, 0) is 9.37 Å². The fraction of sp³-hybridized carbons (Fsp3) is 0.